The van der Waals surface area contributed by atoms with Crippen LogP contribution >= 0.6 is 0 Å². The Morgan fingerprint density at radius 2 is 1.75 bits per heavy atom. The molecule has 1 spiro atoms. The Morgan fingerprint density at radius 1 is 1.12 bits per heavy atom. The van der Waals surface area contributed by atoms with Crippen molar-refractivity contribution in [2.45, 2.75) is 44.1 Å². The van der Waals surface area contributed by atoms with Crippen LogP contribution in [-0.2, 0) is 14.4 Å². The van der Waals surface area contributed by atoms with E-state index in [1.165, 1.54) is 0 Å². The number of fused-ring (bicyclic) bond motifs is 1. The highest BCUT2D eigenvalue weighted by molar-refractivity contribution is 6.20. The maximum atomic E-state index is 12.5. The average Bonchev–Trinajstić information content (AvgIpc) is 3.14. The van der Waals surface area contributed by atoms with Gasteiger partial charge >= 0.3 is 5.97 Å². The second kappa shape index (κ2) is 5.70. The molecule has 1 atom stereocenters. The second-order valence-electron chi connectivity index (χ2n) is 6.79. The van der Waals surface area contributed by atoms with E-state index in [2.05, 4.69) is 0 Å². The Hall–Kier alpha value is -2.21. The van der Waals surface area contributed by atoms with E-state index in [-0.39, 0.29) is 22.6 Å². The molecule has 2 aliphatic heterocycles. The lowest BCUT2D eigenvalue weighted by Crippen LogP contribution is -2.42. The molecule has 0 aromatic heterocycles. The molecule has 2 amide bonds. The van der Waals surface area contributed by atoms with Crippen LogP contribution in [0.3, 0.4) is 0 Å². The summed E-state index contributed by atoms with van der Waals surface area (Å²) in [6.45, 7) is 0.516. The van der Waals surface area contributed by atoms with Crippen molar-refractivity contribution >= 4 is 17.8 Å². The fourth-order valence-electron chi connectivity index (χ4n) is 4.01. The van der Waals surface area contributed by atoms with Crippen molar-refractivity contribution < 1.29 is 24.0 Å². The molecule has 6 heteroatoms. The first-order chi connectivity index (χ1) is 11.6. The van der Waals surface area contributed by atoms with Crippen molar-refractivity contribution in [1.29, 1.82) is 0 Å². The van der Waals surface area contributed by atoms with Crippen LogP contribution in [0.5, 0.6) is 0 Å². The number of nitrogens with zero attached hydrogens (tertiary/aromatic N) is 1. The highest BCUT2D eigenvalue weighted by atomic mass is 16.7. The number of ether oxygens (including phenoxy) is 1. The zero-order valence-electron chi connectivity index (χ0n) is 13.3. The summed E-state index contributed by atoms with van der Waals surface area (Å²) >= 11 is 0. The lowest BCUT2D eigenvalue weighted by atomic mass is 9.85. The third-order valence-electron chi connectivity index (χ3n) is 5.28. The molecular weight excluding hydrogens is 310 g/mol. The molecule has 4 rings (SSSR count). The SMILES string of the molecule is O=C(ON1C(=O)c2ccccc2C1=O)C1CCOC2(CCCC2)C1. The molecule has 0 bridgehead atoms. The Kier molecular flexibility index (Phi) is 3.64. The largest absolute Gasteiger partial charge is 0.375 e. The summed E-state index contributed by atoms with van der Waals surface area (Å²) in [4.78, 5) is 42.3. The highest BCUT2D eigenvalue weighted by Gasteiger charge is 2.45. The van der Waals surface area contributed by atoms with E-state index in [0.717, 1.165) is 25.7 Å². The molecule has 1 aromatic rings. The molecule has 0 radical (unpaired) electrons. The van der Waals surface area contributed by atoms with E-state index >= 15 is 0 Å². The number of benzene rings is 1. The van der Waals surface area contributed by atoms with Gasteiger partial charge in [-0.3, -0.25) is 9.59 Å². The van der Waals surface area contributed by atoms with Crippen LogP contribution in [0.2, 0.25) is 0 Å². The first kappa shape index (κ1) is 15.3. The summed E-state index contributed by atoms with van der Waals surface area (Å²) in [5.74, 6) is -2.00. The van der Waals surface area contributed by atoms with Crippen LogP contribution in [-0.4, -0.2) is 35.1 Å². The van der Waals surface area contributed by atoms with Gasteiger partial charge in [-0.2, -0.15) is 0 Å². The molecule has 1 aromatic carbocycles. The van der Waals surface area contributed by atoms with Gasteiger partial charge in [0.25, 0.3) is 11.8 Å². The predicted octanol–water partition coefficient (Wildman–Crippen LogP) is 2.48. The van der Waals surface area contributed by atoms with Crippen LogP contribution < -0.4 is 0 Å². The molecule has 1 saturated carbocycles. The van der Waals surface area contributed by atoms with Gasteiger partial charge in [0.1, 0.15) is 0 Å². The number of hydrogen-bond donors (Lipinski definition) is 0. The van der Waals surface area contributed by atoms with Crippen LogP contribution in [0.15, 0.2) is 24.3 Å². The second-order valence-corrected chi connectivity index (χ2v) is 6.79. The third-order valence-corrected chi connectivity index (χ3v) is 5.28. The molecule has 2 heterocycles. The van der Waals surface area contributed by atoms with Gasteiger partial charge in [-0.05, 0) is 37.8 Å². The van der Waals surface area contributed by atoms with Crippen LogP contribution in [0, 0.1) is 5.92 Å². The maximum Gasteiger partial charge on any atom is 0.336 e. The normalized spacial score (nSPS) is 25.2. The lowest BCUT2D eigenvalue weighted by molar-refractivity contribution is -0.183. The summed E-state index contributed by atoms with van der Waals surface area (Å²) in [5.41, 5.74) is 0.327. The molecule has 0 N–H and O–H groups in total. The van der Waals surface area contributed by atoms with Gasteiger partial charge in [0.15, 0.2) is 0 Å². The van der Waals surface area contributed by atoms with Crippen molar-refractivity contribution in [3.05, 3.63) is 35.4 Å². The molecule has 24 heavy (non-hydrogen) atoms. The minimum Gasteiger partial charge on any atom is -0.375 e. The first-order valence-electron chi connectivity index (χ1n) is 8.43. The molecule has 126 valence electrons. The Balaban J connectivity index is 1.47. The molecule has 6 nitrogen and oxygen atoms in total. The Labute approximate surface area is 139 Å². The zero-order valence-corrected chi connectivity index (χ0v) is 13.3. The van der Waals surface area contributed by atoms with E-state index in [1.807, 2.05) is 0 Å². The van der Waals surface area contributed by atoms with Crippen LogP contribution in [0.4, 0.5) is 0 Å². The number of amides is 2. The first-order valence-corrected chi connectivity index (χ1v) is 8.43. The van der Waals surface area contributed by atoms with Gasteiger partial charge in [0.05, 0.1) is 22.6 Å². The summed E-state index contributed by atoms with van der Waals surface area (Å²) in [5, 5.41) is 0.601. The molecule has 3 aliphatic rings. The van der Waals surface area contributed by atoms with Gasteiger partial charge in [0.2, 0.25) is 0 Å². The number of hydroxylamine groups is 2. The average molecular weight is 329 g/mol. The van der Waals surface area contributed by atoms with E-state index in [0.29, 0.717) is 24.5 Å². The monoisotopic (exact) mass is 329 g/mol. The van der Waals surface area contributed by atoms with E-state index in [9.17, 15) is 14.4 Å². The van der Waals surface area contributed by atoms with Gasteiger partial charge in [-0.1, -0.05) is 30.0 Å². The summed E-state index contributed by atoms with van der Waals surface area (Å²) in [6, 6.07) is 6.48. The van der Waals surface area contributed by atoms with Gasteiger partial charge in [-0.25, -0.2) is 4.79 Å². The minimum atomic E-state index is -0.577. The quantitative estimate of drug-likeness (QED) is 0.779. The van der Waals surface area contributed by atoms with Crippen LogP contribution in [0.25, 0.3) is 0 Å². The molecule has 1 saturated heterocycles. The van der Waals surface area contributed by atoms with Gasteiger partial charge in [-0.15, -0.1) is 0 Å². The van der Waals surface area contributed by atoms with Crippen molar-refractivity contribution in [2.75, 3.05) is 6.61 Å². The van der Waals surface area contributed by atoms with Gasteiger partial charge < -0.3 is 9.57 Å². The summed E-state index contributed by atoms with van der Waals surface area (Å²) in [7, 11) is 0. The zero-order chi connectivity index (χ0) is 16.7. The van der Waals surface area contributed by atoms with Crippen molar-refractivity contribution in [3.8, 4) is 0 Å². The molecule has 2 fully saturated rings. The number of rotatable bonds is 2. The van der Waals surface area contributed by atoms with E-state index < -0.39 is 17.8 Å². The maximum absolute atomic E-state index is 12.5. The van der Waals surface area contributed by atoms with Crippen molar-refractivity contribution in [3.63, 3.8) is 0 Å². The highest BCUT2D eigenvalue weighted by Crippen LogP contribution is 2.42. The fraction of sp³-hybridized carbons (Fsp3) is 0.500. The van der Waals surface area contributed by atoms with Crippen LogP contribution in [0.1, 0.15) is 59.2 Å². The molecular formula is C18H19NO5. The predicted molar refractivity (Wildman–Crippen MR) is 82.9 cm³/mol. The fourth-order valence-corrected chi connectivity index (χ4v) is 4.01. The summed E-state index contributed by atoms with van der Waals surface area (Å²) < 4.78 is 5.91. The number of imide groups is 1. The van der Waals surface area contributed by atoms with E-state index in [4.69, 9.17) is 9.57 Å². The smallest absolute Gasteiger partial charge is 0.336 e. The number of hydrogen-bond acceptors (Lipinski definition) is 5. The summed E-state index contributed by atoms with van der Waals surface area (Å²) in [6.07, 6.45) is 5.31. The number of carbonyl (C=O) groups is 3. The minimum absolute atomic E-state index is 0.218. The topological polar surface area (TPSA) is 72.9 Å². The van der Waals surface area contributed by atoms with Crippen molar-refractivity contribution in [2.24, 2.45) is 5.92 Å². The molecule has 1 unspecified atom stereocenters. The molecule has 1 aliphatic carbocycles. The van der Waals surface area contributed by atoms with E-state index in [1.54, 1.807) is 24.3 Å². The lowest BCUT2D eigenvalue weighted by Gasteiger charge is -2.37. The van der Waals surface area contributed by atoms with Crippen molar-refractivity contribution in [1.82, 2.24) is 5.06 Å². The Morgan fingerprint density at radius 3 is 2.38 bits per heavy atom. The Bertz CT molecular complexity index is 672. The third kappa shape index (κ3) is 2.41. The van der Waals surface area contributed by atoms with Gasteiger partial charge in [0, 0.05) is 6.61 Å². The number of carbonyl (C=O) groups excluding carboxylic acids is 3. The standard InChI is InChI=1S/C18H19NO5/c20-15-13-5-1-2-6-14(13)16(21)19(15)24-17(22)12-7-10-23-18(11-12)8-3-4-9-18/h1-2,5-6,12H,3-4,7-11H2.